The van der Waals surface area contributed by atoms with E-state index in [2.05, 4.69) is 10.3 Å². The molecule has 1 aromatic carbocycles. The minimum Gasteiger partial charge on any atom is -0.480 e. The first-order valence-corrected chi connectivity index (χ1v) is 9.64. The predicted octanol–water partition coefficient (Wildman–Crippen LogP) is 1.91. The lowest BCUT2D eigenvalue weighted by Crippen LogP contribution is -2.46. The highest BCUT2D eigenvalue weighted by molar-refractivity contribution is 7.08. The van der Waals surface area contributed by atoms with Gasteiger partial charge in [-0.05, 0) is 46.5 Å². The number of benzene rings is 1. The van der Waals surface area contributed by atoms with Crippen molar-refractivity contribution in [1.82, 2.24) is 10.3 Å². The number of carboxylic acids is 1. The molecule has 0 aliphatic carbocycles. The van der Waals surface area contributed by atoms with Crippen molar-refractivity contribution >= 4 is 34.1 Å². The first kappa shape index (κ1) is 19.9. The zero-order chi connectivity index (χ0) is 20.3. The monoisotopic (exact) mass is 399 g/mol. The molecule has 0 fully saturated rings. The van der Waals surface area contributed by atoms with Gasteiger partial charge in [0.1, 0.15) is 12.1 Å². The van der Waals surface area contributed by atoms with Gasteiger partial charge in [0, 0.05) is 17.5 Å². The van der Waals surface area contributed by atoms with E-state index >= 15 is 0 Å². The lowest BCUT2D eigenvalue weighted by Gasteiger charge is -2.18. The molecule has 2 aromatic heterocycles. The number of nitrogens with one attached hydrogen (secondary N) is 1. The third kappa shape index (κ3) is 4.19. The molecule has 1 amide bonds. The number of para-hydroxylation sites is 1. The number of hydrogen-bond donors (Lipinski definition) is 4. The van der Waals surface area contributed by atoms with Crippen LogP contribution in [-0.4, -0.2) is 33.1 Å². The van der Waals surface area contributed by atoms with Crippen LogP contribution in [-0.2, 0) is 22.6 Å². The quantitative estimate of drug-likeness (QED) is 0.481. The fourth-order valence-corrected chi connectivity index (χ4v) is 3.80. The SMILES string of the molecule is Cc1cc(CO)c2cccc(C[C@H](NC(=O)[C@@H](N)c3ccsc3)C(=O)O)c2n1. The fraction of sp³-hybridized carbons (Fsp3) is 0.250. The van der Waals surface area contributed by atoms with E-state index in [-0.39, 0.29) is 13.0 Å². The van der Waals surface area contributed by atoms with Crippen LogP contribution in [0.5, 0.6) is 0 Å². The summed E-state index contributed by atoms with van der Waals surface area (Å²) in [6.45, 7) is 1.67. The highest BCUT2D eigenvalue weighted by atomic mass is 32.1. The summed E-state index contributed by atoms with van der Waals surface area (Å²) in [6, 6.07) is 6.84. The first-order chi connectivity index (χ1) is 13.4. The van der Waals surface area contributed by atoms with Crippen molar-refractivity contribution in [3.05, 3.63) is 63.5 Å². The van der Waals surface area contributed by atoms with Gasteiger partial charge in [0.25, 0.3) is 0 Å². The number of carbonyl (C=O) groups is 2. The van der Waals surface area contributed by atoms with E-state index in [1.165, 1.54) is 11.3 Å². The topological polar surface area (TPSA) is 126 Å². The second-order valence-electron chi connectivity index (χ2n) is 6.53. The molecule has 0 saturated carbocycles. The summed E-state index contributed by atoms with van der Waals surface area (Å²) in [6.07, 6.45) is 0.0517. The van der Waals surface area contributed by atoms with E-state index in [0.717, 1.165) is 16.6 Å². The normalized spacial score (nSPS) is 13.2. The Morgan fingerprint density at radius 3 is 2.71 bits per heavy atom. The third-order valence-corrected chi connectivity index (χ3v) is 5.23. The Balaban J connectivity index is 1.88. The Morgan fingerprint density at radius 2 is 2.07 bits per heavy atom. The minimum atomic E-state index is -1.15. The van der Waals surface area contributed by atoms with Crippen molar-refractivity contribution in [2.45, 2.75) is 32.0 Å². The molecule has 0 radical (unpaired) electrons. The smallest absolute Gasteiger partial charge is 0.326 e. The van der Waals surface area contributed by atoms with Crippen molar-refractivity contribution in [3.63, 3.8) is 0 Å². The molecule has 0 saturated heterocycles. The van der Waals surface area contributed by atoms with E-state index < -0.39 is 24.0 Å². The summed E-state index contributed by atoms with van der Waals surface area (Å²) in [5.41, 5.74) is 9.31. The maximum absolute atomic E-state index is 12.4. The average Bonchev–Trinajstić information content (AvgIpc) is 3.21. The molecule has 0 aliphatic rings. The molecule has 0 bridgehead atoms. The van der Waals surface area contributed by atoms with Crippen LogP contribution in [0.25, 0.3) is 10.9 Å². The molecular weight excluding hydrogens is 378 g/mol. The van der Waals surface area contributed by atoms with Crippen molar-refractivity contribution in [2.24, 2.45) is 5.73 Å². The molecule has 3 aromatic rings. The van der Waals surface area contributed by atoms with Crippen LogP contribution in [0.4, 0.5) is 0 Å². The number of carbonyl (C=O) groups excluding carboxylic acids is 1. The van der Waals surface area contributed by atoms with E-state index in [0.29, 0.717) is 16.6 Å². The van der Waals surface area contributed by atoms with Gasteiger partial charge in [0.15, 0.2) is 0 Å². The summed E-state index contributed by atoms with van der Waals surface area (Å²) >= 11 is 1.41. The standard InChI is InChI=1S/C20H21N3O4S/c1-11-7-14(9-24)15-4-2-3-12(18(15)22-11)8-16(20(26)27)23-19(25)17(21)13-5-6-28-10-13/h2-7,10,16-17,24H,8-9,21H2,1H3,(H,23,25)(H,26,27)/t16-,17-/m0/s1. The lowest BCUT2D eigenvalue weighted by atomic mass is 9.99. The van der Waals surface area contributed by atoms with Gasteiger partial charge in [0.2, 0.25) is 5.91 Å². The van der Waals surface area contributed by atoms with Crippen LogP contribution < -0.4 is 11.1 Å². The van der Waals surface area contributed by atoms with Gasteiger partial charge in [-0.25, -0.2) is 4.79 Å². The number of nitrogens with two attached hydrogens (primary N) is 1. The van der Waals surface area contributed by atoms with Crippen molar-refractivity contribution < 1.29 is 19.8 Å². The molecule has 3 rings (SSSR count). The van der Waals surface area contributed by atoms with Crippen LogP contribution in [0, 0.1) is 6.92 Å². The number of thiophene rings is 1. The number of carboxylic acid groups (broad SMARTS) is 1. The number of aliphatic hydroxyl groups is 1. The molecule has 0 unspecified atom stereocenters. The molecule has 0 aliphatic heterocycles. The minimum absolute atomic E-state index is 0.0517. The van der Waals surface area contributed by atoms with Crippen LogP contribution in [0.2, 0.25) is 0 Å². The highest BCUT2D eigenvalue weighted by Gasteiger charge is 2.25. The highest BCUT2D eigenvalue weighted by Crippen LogP contribution is 2.23. The zero-order valence-corrected chi connectivity index (χ0v) is 16.1. The third-order valence-electron chi connectivity index (χ3n) is 4.53. The number of amides is 1. The molecule has 2 atom stereocenters. The van der Waals surface area contributed by atoms with Gasteiger partial charge in [-0.3, -0.25) is 9.78 Å². The van der Waals surface area contributed by atoms with E-state index in [4.69, 9.17) is 5.73 Å². The van der Waals surface area contributed by atoms with Crippen molar-refractivity contribution in [1.29, 1.82) is 0 Å². The molecule has 5 N–H and O–H groups in total. The number of aliphatic hydroxyl groups excluding tert-OH is 1. The molecule has 7 nitrogen and oxygen atoms in total. The number of aromatic nitrogens is 1. The molecule has 2 heterocycles. The van der Waals surface area contributed by atoms with Crippen LogP contribution in [0.15, 0.2) is 41.1 Å². The molecule has 0 spiro atoms. The molecule has 146 valence electrons. The number of aryl methyl sites for hydroxylation is 1. The van der Waals surface area contributed by atoms with Crippen LogP contribution in [0.1, 0.15) is 28.4 Å². The summed E-state index contributed by atoms with van der Waals surface area (Å²) < 4.78 is 0. The lowest BCUT2D eigenvalue weighted by molar-refractivity contribution is -0.142. The Bertz CT molecular complexity index is 1000. The number of hydrogen-bond acceptors (Lipinski definition) is 6. The van der Waals surface area contributed by atoms with Crippen molar-refractivity contribution in [2.75, 3.05) is 0 Å². The maximum Gasteiger partial charge on any atom is 0.326 e. The van der Waals surface area contributed by atoms with Gasteiger partial charge < -0.3 is 21.3 Å². The number of aliphatic carboxylic acids is 1. The summed E-state index contributed by atoms with van der Waals surface area (Å²) in [5.74, 6) is -1.70. The second-order valence-corrected chi connectivity index (χ2v) is 7.31. The summed E-state index contributed by atoms with van der Waals surface area (Å²) in [7, 11) is 0. The number of rotatable bonds is 7. The van der Waals surface area contributed by atoms with Gasteiger partial charge in [0.05, 0.1) is 12.1 Å². The Kier molecular flexibility index (Phi) is 6.03. The molecular formula is C20H21N3O4S. The first-order valence-electron chi connectivity index (χ1n) is 8.70. The van der Waals surface area contributed by atoms with Gasteiger partial charge >= 0.3 is 5.97 Å². The Morgan fingerprint density at radius 1 is 1.29 bits per heavy atom. The van der Waals surface area contributed by atoms with E-state index in [1.54, 1.807) is 35.0 Å². The largest absolute Gasteiger partial charge is 0.480 e. The maximum atomic E-state index is 12.4. The van der Waals surface area contributed by atoms with Crippen molar-refractivity contribution in [3.8, 4) is 0 Å². The summed E-state index contributed by atoms with van der Waals surface area (Å²) in [5, 5.41) is 26.1. The van der Waals surface area contributed by atoms with E-state index in [9.17, 15) is 19.8 Å². The fourth-order valence-electron chi connectivity index (χ4n) is 3.10. The number of nitrogens with zero attached hydrogens (tertiary/aromatic N) is 1. The Labute approximate surface area is 165 Å². The average molecular weight is 399 g/mol. The zero-order valence-electron chi connectivity index (χ0n) is 15.3. The predicted molar refractivity (Wildman–Crippen MR) is 107 cm³/mol. The number of pyridine rings is 1. The van der Waals surface area contributed by atoms with Crippen LogP contribution in [0.3, 0.4) is 0 Å². The van der Waals surface area contributed by atoms with Gasteiger partial charge in [-0.1, -0.05) is 18.2 Å². The molecule has 8 heteroatoms. The Hall–Kier alpha value is -2.81. The molecule has 28 heavy (non-hydrogen) atoms. The van der Waals surface area contributed by atoms with Crippen LogP contribution >= 0.6 is 11.3 Å². The van der Waals surface area contributed by atoms with E-state index in [1.807, 2.05) is 13.0 Å². The van der Waals surface area contributed by atoms with Gasteiger partial charge in [-0.15, -0.1) is 0 Å². The number of fused-ring (bicyclic) bond motifs is 1. The van der Waals surface area contributed by atoms with Gasteiger partial charge in [-0.2, -0.15) is 11.3 Å². The summed E-state index contributed by atoms with van der Waals surface area (Å²) in [4.78, 5) is 28.7. The second kappa shape index (κ2) is 8.47.